The summed E-state index contributed by atoms with van der Waals surface area (Å²) in [5.41, 5.74) is 3.25. The van der Waals surface area contributed by atoms with Crippen LogP contribution in [-0.2, 0) is 24.3 Å². The van der Waals surface area contributed by atoms with Crippen LogP contribution in [0.1, 0.15) is 29.9 Å². The topological polar surface area (TPSA) is 64.9 Å². The van der Waals surface area contributed by atoms with E-state index < -0.39 is 0 Å². The number of benzene rings is 2. The maximum atomic E-state index is 13.3. The maximum Gasteiger partial charge on any atom is 0.222 e. The zero-order chi connectivity index (χ0) is 26.3. The molecule has 1 amide bonds. The van der Waals surface area contributed by atoms with Crippen molar-refractivity contribution in [2.24, 2.45) is 11.8 Å². The minimum Gasteiger partial charge on any atom is -0.368 e. The number of amides is 1. The lowest BCUT2D eigenvalue weighted by molar-refractivity contribution is -0.133. The first-order valence-electron chi connectivity index (χ1n) is 13.7. The quantitative estimate of drug-likeness (QED) is 0.462. The Bertz CT molecular complexity index is 1160. The molecule has 2 aliphatic rings. The number of nitrogens with one attached hydrogen (secondary N) is 1. The molecule has 2 saturated heterocycles. The van der Waals surface area contributed by atoms with Gasteiger partial charge in [0.15, 0.2) is 5.76 Å². The lowest BCUT2D eigenvalue weighted by Crippen LogP contribution is -2.50. The number of carbonyl (C=O) groups is 1. The SMILES string of the molecule is CN(Cc1ccccc1)Cc1cc(C[C@H]2CNCC[C@H]2CC(=O)N2CCN(c3ccc(F)cc3)CC2)no1. The minimum atomic E-state index is -0.226. The first-order valence-corrected chi connectivity index (χ1v) is 13.7. The standard InChI is InChI=1S/C30H38FN5O2/c1-34(21-23-5-3-2-4-6-23)22-29-19-27(33-38-29)17-25-20-32-12-11-24(25)18-30(37)36-15-13-35(14-16-36)28-9-7-26(31)8-10-28/h2-10,19,24-25,32H,11-18,20-22H2,1H3/t24-,25-/m0/s1. The summed E-state index contributed by atoms with van der Waals surface area (Å²) in [7, 11) is 2.08. The van der Waals surface area contributed by atoms with Crippen LogP contribution in [-0.4, -0.2) is 67.2 Å². The van der Waals surface area contributed by atoms with Gasteiger partial charge < -0.3 is 19.6 Å². The molecule has 0 spiro atoms. The molecule has 0 aliphatic carbocycles. The molecule has 2 aromatic carbocycles. The Labute approximate surface area is 224 Å². The fraction of sp³-hybridized carbons (Fsp3) is 0.467. The molecule has 8 heteroatoms. The van der Waals surface area contributed by atoms with Crippen LogP contribution < -0.4 is 10.2 Å². The average Bonchev–Trinajstić information content (AvgIpc) is 3.37. The van der Waals surface area contributed by atoms with Crippen LogP contribution in [0.4, 0.5) is 10.1 Å². The van der Waals surface area contributed by atoms with Gasteiger partial charge >= 0.3 is 0 Å². The summed E-state index contributed by atoms with van der Waals surface area (Å²) in [6.07, 6.45) is 2.39. The summed E-state index contributed by atoms with van der Waals surface area (Å²) >= 11 is 0. The fourth-order valence-corrected chi connectivity index (χ4v) is 5.72. The molecule has 38 heavy (non-hydrogen) atoms. The molecule has 2 aliphatic heterocycles. The highest BCUT2D eigenvalue weighted by Crippen LogP contribution is 2.28. The Morgan fingerprint density at radius 3 is 2.58 bits per heavy atom. The van der Waals surface area contributed by atoms with E-state index in [1.807, 2.05) is 23.1 Å². The van der Waals surface area contributed by atoms with Crippen molar-refractivity contribution in [2.75, 3.05) is 51.2 Å². The van der Waals surface area contributed by atoms with Crippen LogP contribution in [0.5, 0.6) is 0 Å². The van der Waals surface area contributed by atoms with Crippen molar-refractivity contribution in [3.8, 4) is 0 Å². The molecule has 1 aromatic heterocycles. The summed E-state index contributed by atoms with van der Waals surface area (Å²) in [6, 6.07) is 19.1. The van der Waals surface area contributed by atoms with Crippen molar-refractivity contribution in [3.63, 3.8) is 0 Å². The number of anilines is 1. The van der Waals surface area contributed by atoms with E-state index >= 15 is 0 Å². The first-order chi connectivity index (χ1) is 18.5. The first kappa shape index (κ1) is 26.4. The third-order valence-electron chi connectivity index (χ3n) is 7.83. The highest BCUT2D eigenvalue weighted by atomic mass is 19.1. The van der Waals surface area contributed by atoms with Gasteiger partial charge in [0, 0.05) is 50.9 Å². The lowest BCUT2D eigenvalue weighted by atomic mass is 9.81. The van der Waals surface area contributed by atoms with E-state index in [4.69, 9.17) is 4.52 Å². The second-order valence-electron chi connectivity index (χ2n) is 10.7. The molecule has 7 nitrogen and oxygen atoms in total. The maximum absolute atomic E-state index is 13.3. The van der Waals surface area contributed by atoms with Gasteiger partial charge in [-0.05, 0) is 74.6 Å². The largest absolute Gasteiger partial charge is 0.368 e. The van der Waals surface area contributed by atoms with Crippen LogP contribution in [0.25, 0.3) is 0 Å². The van der Waals surface area contributed by atoms with E-state index in [0.29, 0.717) is 37.9 Å². The van der Waals surface area contributed by atoms with Crippen molar-refractivity contribution in [1.82, 2.24) is 20.3 Å². The van der Waals surface area contributed by atoms with E-state index in [1.54, 1.807) is 0 Å². The van der Waals surface area contributed by atoms with Gasteiger partial charge in [0.2, 0.25) is 5.91 Å². The fourth-order valence-electron chi connectivity index (χ4n) is 5.72. The Morgan fingerprint density at radius 1 is 1.05 bits per heavy atom. The molecular weight excluding hydrogens is 481 g/mol. The highest BCUT2D eigenvalue weighted by molar-refractivity contribution is 5.77. The Morgan fingerprint density at radius 2 is 1.82 bits per heavy atom. The van der Waals surface area contributed by atoms with Crippen LogP contribution in [0.15, 0.2) is 65.2 Å². The van der Waals surface area contributed by atoms with Gasteiger partial charge in [-0.25, -0.2) is 4.39 Å². The number of nitrogens with zero attached hydrogens (tertiary/aromatic N) is 4. The number of hydrogen-bond donors (Lipinski definition) is 1. The smallest absolute Gasteiger partial charge is 0.222 e. The third kappa shape index (κ3) is 6.99. The van der Waals surface area contributed by atoms with Gasteiger partial charge in [-0.3, -0.25) is 9.69 Å². The molecule has 3 heterocycles. The summed E-state index contributed by atoms with van der Waals surface area (Å²) in [5.74, 6) is 1.57. The number of piperazine rings is 1. The van der Waals surface area contributed by atoms with Gasteiger partial charge in [0.05, 0.1) is 12.2 Å². The van der Waals surface area contributed by atoms with Gasteiger partial charge in [0.1, 0.15) is 5.82 Å². The van der Waals surface area contributed by atoms with Crippen molar-refractivity contribution >= 4 is 11.6 Å². The molecule has 0 saturated carbocycles. The van der Waals surface area contributed by atoms with Crippen LogP contribution in [0.2, 0.25) is 0 Å². The monoisotopic (exact) mass is 519 g/mol. The second kappa shape index (κ2) is 12.5. The van der Waals surface area contributed by atoms with Crippen LogP contribution in [0.3, 0.4) is 0 Å². The molecule has 0 unspecified atom stereocenters. The molecule has 0 radical (unpaired) electrons. The third-order valence-corrected chi connectivity index (χ3v) is 7.83. The predicted octanol–water partition coefficient (Wildman–Crippen LogP) is 3.95. The lowest BCUT2D eigenvalue weighted by Gasteiger charge is -2.38. The molecule has 0 bridgehead atoms. The molecule has 1 N–H and O–H groups in total. The van der Waals surface area contributed by atoms with E-state index in [-0.39, 0.29) is 11.7 Å². The zero-order valence-corrected chi connectivity index (χ0v) is 22.2. The van der Waals surface area contributed by atoms with Crippen molar-refractivity contribution in [1.29, 1.82) is 0 Å². The van der Waals surface area contributed by atoms with Gasteiger partial charge in [-0.2, -0.15) is 0 Å². The van der Waals surface area contributed by atoms with E-state index in [9.17, 15) is 9.18 Å². The van der Waals surface area contributed by atoms with E-state index in [1.165, 1.54) is 17.7 Å². The Hall–Kier alpha value is -3.23. The summed E-state index contributed by atoms with van der Waals surface area (Å²) in [5, 5.41) is 7.87. The zero-order valence-electron chi connectivity index (χ0n) is 22.2. The predicted molar refractivity (Wildman–Crippen MR) is 146 cm³/mol. The van der Waals surface area contributed by atoms with E-state index in [0.717, 1.165) is 62.7 Å². The number of hydrogen-bond acceptors (Lipinski definition) is 6. The normalized spacial score (nSPS) is 20.2. The summed E-state index contributed by atoms with van der Waals surface area (Å²) < 4.78 is 18.9. The summed E-state index contributed by atoms with van der Waals surface area (Å²) in [6.45, 7) is 6.35. The van der Waals surface area contributed by atoms with Gasteiger partial charge in [0.25, 0.3) is 0 Å². The van der Waals surface area contributed by atoms with Gasteiger partial charge in [-0.1, -0.05) is 35.5 Å². The van der Waals surface area contributed by atoms with Gasteiger partial charge in [-0.15, -0.1) is 0 Å². The van der Waals surface area contributed by atoms with E-state index in [2.05, 4.69) is 57.7 Å². The molecule has 2 fully saturated rings. The molecule has 2 atom stereocenters. The Balaban J connectivity index is 1.11. The van der Waals surface area contributed by atoms with Crippen LogP contribution in [0, 0.1) is 17.7 Å². The number of piperidine rings is 1. The highest BCUT2D eigenvalue weighted by Gasteiger charge is 2.31. The molecule has 5 rings (SSSR count). The Kier molecular flexibility index (Phi) is 8.71. The van der Waals surface area contributed by atoms with Crippen molar-refractivity contribution in [2.45, 2.75) is 32.4 Å². The molecule has 3 aromatic rings. The van der Waals surface area contributed by atoms with Crippen LogP contribution >= 0.6 is 0 Å². The van der Waals surface area contributed by atoms with Crippen molar-refractivity contribution < 1.29 is 13.7 Å². The second-order valence-corrected chi connectivity index (χ2v) is 10.7. The molecular formula is C30H38FN5O2. The number of aromatic nitrogens is 1. The molecule has 202 valence electrons. The summed E-state index contributed by atoms with van der Waals surface area (Å²) in [4.78, 5) is 19.7. The number of rotatable bonds is 9. The average molecular weight is 520 g/mol. The number of carbonyl (C=O) groups excluding carboxylic acids is 1. The van der Waals surface area contributed by atoms with Crippen molar-refractivity contribution in [3.05, 3.63) is 83.5 Å². The number of halogens is 1. The minimum absolute atomic E-state index is 0.226.